The molecule has 0 radical (unpaired) electrons. The highest BCUT2D eigenvalue weighted by Gasteiger charge is 2.13. The van der Waals surface area contributed by atoms with Crippen LogP contribution in [0.2, 0.25) is 0 Å². The number of amides is 1. The van der Waals surface area contributed by atoms with E-state index >= 15 is 0 Å². The summed E-state index contributed by atoms with van der Waals surface area (Å²) >= 11 is 3.42. The predicted octanol–water partition coefficient (Wildman–Crippen LogP) is 4.94. The van der Waals surface area contributed by atoms with Crippen LogP contribution in [0.4, 0.5) is 5.69 Å². The molecule has 0 bridgehead atoms. The Morgan fingerprint density at radius 3 is 2.67 bits per heavy atom. The van der Waals surface area contributed by atoms with Gasteiger partial charge < -0.3 is 14.8 Å². The molecule has 0 aliphatic carbocycles. The largest absolute Gasteiger partial charge is 0.464 e. The molecule has 0 aromatic heterocycles. The molecule has 1 aliphatic heterocycles. The average molecular weight is 428 g/mol. The maximum absolute atomic E-state index is 12.6. The van der Waals surface area contributed by atoms with Crippen molar-refractivity contribution >= 4 is 39.6 Å². The third-order valence-corrected chi connectivity index (χ3v) is 4.30. The summed E-state index contributed by atoms with van der Waals surface area (Å²) in [6.45, 7) is 2.32. The van der Waals surface area contributed by atoms with E-state index in [4.69, 9.17) is 9.47 Å². The third kappa shape index (κ3) is 4.86. The van der Waals surface area contributed by atoms with E-state index in [0.29, 0.717) is 29.2 Å². The molecule has 0 saturated heterocycles. The van der Waals surface area contributed by atoms with Crippen LogP contribution >= 0.6 is 15.9 Å². The van der Waals surface area contributed by atoms with Gasteiger partial charge in [0.25, 0.3) is 5.91 Å². The van der Waals surface area contributed by atoms with Crippen LogP contribution in [0.3, 0.4) is 0 Å². The second-order valence-corrected chi connectivity index (χ2v) is 6.79. The molecule has 0 fully saturated rings. The molecule has 1 amide bonds. The number of carbonyl (C=O) groups is 2. The molecule has 1 aliphatic rings. The Kier molecular flexibility index (Phi) is 6.08. The minimum atomic E-state index is -0.372. The number of esters is 1. The first-order valence-electron chi connectivity index (χ1n) is 8.50. The topological polar surface area (TPSA) is 64.6 Å². The fraction of sp³-hybridized carbons (Fsp3) is 0.143. The van der Waals surface area contributed by atoms with E-state index < -0.39 is 0 Å². The maximum atomic E-state index is 12.6. The van der Waals surface area contributed by atoms with Gasteiger partial charge in [0.2, 0.25) is 0 Å². The number of anilines is 1. The van der Waals surface area contributed by atoms with Crippen LogP contribution in [-0.4, -0.2) is 18.5 Å². The van der Waals surface area contributed by atoms with Crippen LogP contribution in [0.25, 0.3) is 6.08 Å². The van der Waals surface area contributed by atoms with Crippen molar-refractivity contribution in [3.05, 3.63) is 76.0 Å². The van der Waals surface area contributed by atoms with E-state index in [1.165, 1.54) is 6.26 Å². The summed E-state index contributed by atoms with van der Waals surface area (Å²) in [5.41, 5.74) is 2.29. The summed E-state index contributed by atoms with van der Waals surface area (Å²) in [4.78, 5) is 24.4. The molecule has 138 valence electrons. The van der Waals surface area contributed by atoms with Gasteiger partial charge in [-0.2, -0.15) is 0 Å². The lowest BCUT2D eigenvalue weighted by Crippen LogP contribution is -2.13. The first kappa shape index (κ1) is 18.9. The van der Waals surface area contributed by atoms with Crippen molar-refractivity contribution in [1.82, 2.24) is 0 Å². The molecule has 2 aromatic carbocycles. The van der Waals surface area contributed by atoms with Gasteiger partial charge >= 0.3 is 5.97 Å². The first-order chi connectivity index (χ1) is 13.1. The van der Waals surface area contributed by atoms with Crippen molar-refractivity contribution in [2.45, 2.75) is 13.3 Å². The lowest BCUT2D eigenvalue weighted by Gasteiger charge is -2.07. The molecule has 2 aromatic rings. The second kappa shape index (κ2) is 8.68. The molecule has 5 nitrogen and oxygen atoms in total. The molecule has 1 N–H and O–H groups in total. The van der Waals surface area contributed by atoms with Crippen molar-refractivity contribution in [3.8, 4) is 5.75 Å². The highest BCUT2D eigenvalue weighted by molar-refractivity contribution is 9.10. The molecule has 0 spiro atoms. The van der Waals surface area contributed by atoms with Crippen LogP contribution in [0.5, 0.6) is 5.75 Å². The van der Waals surface area contributed by atoms with Gasteiger partial charge in [-0.05, 0) is 61.0 Å². The van der Waals surface area contributed by atoms with Gasteiger partial charge in [0.1, 0.15) is 5.75 Å². The van der Waals surface area contributed by atoms with Crippen molar-refractivity contribution in [1.29, 1.82) is 0 Å². The number of carbonyl (C=O) groups excluding carboxylic acids is 2. The molecule has 3 rings (SSSR count). The molecule has 0 atom stereocenters. The molecule has 1 heterocycles. The van der Waals surface area contributed by atoms with Crippen LogP contribution in [0.15, 0.2) is 64.8 Å². The van der Waals surface area contributed by atoms with Gasteiger partial charge in [-0.1, -0.05) is 22.9 Å². The van der Waals surface area contributed by atoms with Crippen LogP contribution in [0, 0.1) is 0 Å². The molecular formula is C21H18BrNO4. The highest BCUT2D eigenvalue weighted by atomic mass is 79.9. The Hall–Kier alpha value is -2.86. The Morgan fingerprint density at radius 1 is 1.15 bits per heavy atom. The summed E-state index contributed by atoms with van der Waals surface area (Å²) in [7, 11) is 0. The number of benzene rings is 2. The minimum absolute atomic E-state index is 0.274. The quantitative estimate of drug-likeness (QED) is 0.685. The lowest BCUT2D eigenvalue weighted by atomic mass is 10.1. The SMILES string of the molecule is CCCOC(=O)c1ccc(NC(=O)C2=Cc3cc(Br)ccc3OC=C2)cc1. The fourth-order valence-corrected chi connectivity index (χ4v) is 2.83. The van der Waals surface area contributed by atoms with Gasteiger partial charge in [-0.3, -0.25) is 4.79 Å². The summed E-state index contributed by atoms with van der Waals surface area (Å²) in [6, 6.07) is 12.2. The number of nitrogens with one attached hydrogen (secondary N) is 1. The molecular weight excluding hydrogens is 410 g/mol. The number of ether oxygens (including phenoxy) is 2. The zero-order chi connectivity index (χ0) is 19.2. The van der Waals surface area contributed by atoms with E-state index in [1.807, 2.05) is 25.1 Å². The number of halogens is 1. The van der Waals surface area contributed by atoms with Gasteiger partial charge in [0.15, 0.2) is 0 Å². The Labute approximate surface area is 165 Å². The second-order valence-electron chi connectivity index (χ2n) is 5.87. The summed E-state index contributed by atoms with van der Waals surface area (Å²) < 4.78 is 11.5. The number of rotatable bonds is 5. The van der Waals surface area contributed by atoms with Crippen molar-refractivity contribution < 1.29 is 19.1 Å². The maximum Gasteiger partial charge on any atom is 0.338 e. The average Bonchev–Trinajstić information content (AvgIpc) is 2.88. The van der Waals surface area contributed by atoms with Gasteiger partial charge in [0, 0.05) is 21.3 Å². The Balaban J connectivity index is 1.72. The van der Waals surface area contributed by atoms with Gasteiger partial charge in [0.05, 0.1) is 18.4 Å². The predicted molar refractivity (Wildman–Crippen MR) is 108 cm³/mol. The fourth-order valence-electron chi connectivity index (χ4n) is 2.45. The van der Waals surface area contributed by atoms with Crippen molar-refractivity contribution in [2.75, 3.05) is 11.9 Å². The number of hydrogen-bond donors (Lipinski definition) is 1. The molecule has 27 heavy (non-hydrogen) atoms. The zero-order valence-corrected chi connectivity index (χ0v) is 16.3. The number of fused-ring (bicyclic) bond motifs is 1. The monoisotopic (exact) mass is 427 g/mol. The van der Waals surface area contributed by atoms with Crippen LogP contribution in [0.1, 0.15) is 29.3 Å². The first-order valence-corrected chi connectivity index (χ1v) is 9.29. The van der Waals surface area contributed by atoms with E-state index in [1.54, 1.807) is 36.4 Å². The standard InChI is InChI=1S/C21H18BrNO4/c1-2-10-27-21(25)14-3-6-18(7-4-14)23-20(24)15-9-11-26-19-8-5-17(22)13-16(19)12-15/h3-9,11-13H,2,10H2,1H3,(H,23,24). The Morgan fingerprint density at radius 2 is 1.93 bits per heavy atom. The minimum Gasteiger partial charge on any atom is -0.464 e. The number of hydrogen-bond acceptors (Lipinski definition) is 4. The lowest BCUT2D eigenvalue weighted by molar-refractivity contribution is -0.112. The van der Waals surface area contributed by atoms with Crippen molar-refractivity contribution in [3.63, 3.8) is 0 Å². The summed E-state index contributed by atoms with van der Waals surface area (Å²) in [5.74, 6) is 0.0275. The Bertz CT molecular complexity index is 916. The van der Waals surface area contributed by atoms with E-state index in [2.05, 4.69) is 21.2 Å². The molecule has 6 heteroatoms. The van der Waals surface area contributed by atoms with E-state index in [9.17, 15) is 9.59 Å². The van der Waals surface area contributed by atoms with E-state index in [0.717, 1.165) is 16.5 Å². The summed E-state index contributed by atoms with van der Waals surface area (Å²) in [5, 5.41) is 2.82. The third-order valence-electron chi connectivity index (χ3n) is 3.80. The van der Waals surface area contributed by atoms with Crippen molar-refractivity contribution in [2.24, 2.45) is 0 Å². The summed E-state index contributed by atoms with van der Waals surface area (Å²) in [6.07, 6.45) is 5.62. The van der Waals surface area contributed by atoms with Crippen LogP contribution < -0.4 is 10.1 Å². The smallest absolute Gasteiger partial charge is 0.338 e. The molecule has 0 saturated carbocycles. The van der Waals surface area contributed by atoms with E-state index in [-0.39, 0.29) is 11.9 Å². The molecule has 0 unspecified atom stereocenters. The van der Waals surface area contributed by atoms with Crippen LogP contribution in [-0.2, 0) is 9.53 Å². The zero-order valence-electron chi connectivity index (χ0n) is 14.7. The highest BCUT2D eigenvalue weighted by Crippen LogP contribution is 2.28. The van der Waals surface area contributed by atoms with Gasteiger partial charge in [-0.25, -0.2) is 4.79 Å². The normalized spacial score (nSPS) is 12.3. The van der Waals surface area contributed by atoms with Gasteiger partial charge in [-0.15, -0.1) is 0 Å².